The Kier molecular flexibility index (Phi) is 4.85. The molecule has 2 fully saturated rings. The van der Waals surface area contributed by atoms with Crippen molar-refractivity contribution in [3.63, 3.8) is 0 Å². The second-order valence-corrected chi connectivity index (χ2v) is 5.84. The van der Waals surface area contributed by atoms with Gasteiger partial charge in [-0.25, -0.2) is 0 Å². The van der Waals surface area contributed by atoms with E-state index in [0.717, 1.165) is 63.6 Å². The van der Waals surface area contributed by atoms with Crippen LogP contribution in [0.5, 0.6) is 0 Å². The second kappa shape index (κ2) is 7.03. The molecule has 1 unspecified atom stereocenters. The van der Waals surface area contributed by atoms with Crippen molar-refractivity contribution < 1.29 is 9.53 Å². The zero-order valence-electron chi connectivity index (χ0n) is 12.9. The first kappa shape index (κ1) is 15.2. The molecular weight excluding hydrogens is 278 g/mol. The summed E-state index contributed by atoms with van der Waals surface area (Å²) in [5.74, 6) is 0.00267. The number of hydrogen-bond donors (Lipinski definition) is 0. The van der Waals surface area contributed by atoms with Crippen LogP contribution in [0.4, 0.5) is 0 Å². The number of morpholine rings is 1. The van der Waals surface area contributed by atoms with Crippen LogP contribution in [-0.2, 0) is 16.1 Å². The fourth-order valence-electron chi connectivity index (χ4n) is 3.22. The van der Waals surface area contributed by atoms with Gasteiger partial charge in [0.25, 0.3) is 0 Å². The van der Waals surface area contributed by atoms with Crippen LogP contribution in [0.2, 0.25) is 0 Å². The molecule has 22 heavy (non-hydrogen) atoms. The summed E-state index contributed by atoms with van der Waals surface area (Å²) >= 11 is 0. The van der Waals surface area contributed by atoms with Crippen LogP contribution in [0.25, 0.3) is 0 Å². The highest BCUT2D eigenvalue weighted by Crippen LogP contribution is 2.31. The highest BCUT2D eigenvalue weighted by molar-refractivity contribution is 5.87. The predicted octanol–water partition coefficient (Wildman–Crippen LogP) is 1.76. The summed E-state index contributed by atoms with van der Waals surface area (Å²) in [4.78, 5) is 21.0. The van der Waals surface area contributed by atoms with Gasteiger partial charge in [-0.2, -0.15) is 0 Å². The number of hydrogen-bond acceptors (Lipinski definition) is 4. The SMILES string of the molecule is C=CC(=O)N1CCCC1c1cccc(CN2CCOCC2)n1. The summed E-state index contributed by atoms with van der Waals surface area (Å²) in [5, 5.41) is 0. The van der Waals surface area contributed by atoms with Crippen molar-refractivity contribution in [1.29, 1.82) is 0 Å². The van der Waals surface area contributed by atoms with Crippen LogP contribution in [0, 0.1) is 0 Å². The van der Waals surface area contributed by atoms with Crippen molar-refractivity contribution >= 4 is 5.91 Å². The molecular formula is C17H23N3O2. The summed E-state index contributed by atoms with van der Waals surface area (Å²) in [5.41, 5.74) is 2.07. The Balaban J connectivity index is 1.72. The van der Waals surface area contributed by atoms with Crippen molar-refractivity contribution in [2.24, 2.45) is 0 Å². The van der Waals surface area contributed by atoms with E-state index in [1.165, 1.54) is 6.08 Å². The van der Waals surface area contributed by atoms with E-state index < -0.39 is 0 Å². The minimum Gasteiger partial charge on any atom is -0.379 e. The van der Waals surface area contributed by atoms with E-state index in [1.54, 1.807) is 0 Å². The number of likely N-dealkylation sites (tertiary alicyclic amines) is 1. The molecule has 5 nitrogen and oxygen atoms in total. The quantitative estimate of drug-likeness (QED) is 0.795. The highest BCUT2D eigenvalue weighted by Gasteiger charge is 2.29. The maximum absolute atomic E-state index is 12.0. The number of rotatable bonds is 4. The van der Waals surface area contributed by atoms with E-state index >= 15 is 0 Å². The molecule has 1 aromatic heterocycles. The number of pyridine rings is 1. The van der Waals surface area contributed by atoms with Crippen LogP contribution in [0.3, 0.4) is 0 Å². The Labute approximate surface area is 131 Å². The minimum atomic E-state index is 0.00267. The zero-order valence-corrected chi connectivity index (χ0v) is 12.9. The standard InChI is InChI=1S/C17H23N3O2/c1-2-17(21)20-8-4-7-16(20)15-6-3-5-14(18-15)13-19-9-11-22-12-10-19/h2-3,5-6,16H,1,4,7-13H2. The van der Waals surface area contributed by atoms with Crippen molar-refractivity contribution in [3.8, 4) is 0 Å². The lowest BCUT2D eigenvalue weighted by atomic mass is 10.1. The largest absolute Gasteiger partial charge is 0.379 e. The van der Waals surface area contributed by atoms with Crippen molar-refractivity contribution in [2.75, 3.05) is 32.8 Å². The minimum absolute atomic E-state index is 0.00267. The number of ether oxygens (including phenoxy) is 1. The van der Waals surface area contributed by atoms with E-state index in [4.69, 9.17) is 9.72 Å². The Bertz CT molecular complexity index is 540. The van der Waals surface area contributed by atoms with Gasteiger partial charge in [0, 0.05) is 26.2 Å². The predicted molar refractivity (Wildman–Crippen MR) is 84.2 cm³/mol. The molecule has 0 radical (unpaired) electrons. The molecule has 1 amide bonds. The fourth-order valence-corrected chi connectivity index (χ4v) is 3.22. The Morgan fingerprint density at radius 2 is 2.18 bits per heavy atom. The molecule has 0 spiro atoms. The molecule has 3 heterocycles. The first-order valence-corrected chi connectivity index (χ1v) is 7.97. The third-order valence-electron chi connectivity index (χ3n) is 4.37. The van der Waals surface area contributed by atoms with Crippen LogP contribution in [-0.4, -0.2) is 53.5 Å². The molecule has 1 atom stereocenters. The lowest BCUT2D eigenvalue weighted by molar-refractivity contribution is -0.126. The summed E-state index contributed by atoms with van der Waals surface area (Å²) in [6.07, 6.45) is 3.41. The Hall–Kier alpha value is -1.72. The molecule has 3 rings (SSSR count). The van der Waals surface area contributed by atoms with Gasteiger partial charge in [-0.15, -0.1) is 0 Å². The van der Waals surface area contributed by atoms with Gasteiger partial charge in [0.05, 0.1) is 30.6 Å². The highest BCUT2D eigenvalue weighted by atomic mass is 16.5. The summed E-state index contributed by atoms with van der Waals surface area (Å²) < 4.78 is 5.38. The first-order valence-electron chi connectivity index (χ1n) is 7.97. The third kappa shape index (κ3) is 3.36. The molecule has 0 bridgehead atoms. The van der Waals surface area contributed by atoms with E-state index in [-0.39, 0.29) is 11.9 Å². The maximum atomic E-state index is 12.0. The van der Waals surface area contributed by atoms with Crippen LogP contribution >= 0.6 is 0 Å². The smallest absolute Gasteiger partial charge is 0.246 e. The molecule has 118 valence electrons. The van der Waals surface area contributed by atoms with Crippen LogP contribution in [0.1, 0.15) is 30.3 Å². The van der Waals surface area contributed by atoms with Gasteiger partial charge in [0.15, 0.2) is 0 Å². The molecule has 2 aliphatic rings. The molecule has 0 N–H and O–H groups in total. The van der Waals surface area contributed by atoms with Gasteiger partial charge in [-0.1, -0.05) is 12.6 Å². The number of carbonyl (C=O) groups excluding carboxylic acids is 1. The summed E-state index contributed by atoms with van der Waals surface area (Å²) in [6.45, 7) is 8.74. The average molecular weight is 301 g/mol. The lowest BCUT2D eigenvalue weighted by Crippen LogP contribution is -2.36. The van der Waals surface area contributed by atoms with Gasteiger partial charge in [0.1, 0.15) is 0 Å². The van der Waals surface area contributed by atoms with E-state index in [1.807, 2.05) is 17.0 Å². The Morgan fingerprint density at radius 1 is 1.36 bits per heavy atom. The normalized spacial score (nSPS) is 22.7. The van der Waals surface area contributed by atoms with Gasteiger partial charge >= 0.3 is 0 Å². The zero-order chi connectivity index (χ0) is 15.4. The van der Waals surface area contributed by atoms with Gasteiger partial charge in [0.2, 0.25) is 5.91 Å². The summed E-state index contributed by atoms with van der Waals surface area (Å²) in [6, 6.07) is 6.23. The van der Waals surface area contributed by atoms with Gasteiger partial charge in [-0.3, -0.25) is 14.7 Å². The number of carbonyl (C=O) groups is 1. The van der Waals surface area contributed by atoms with Crippen molar-refractivity contribution in [1.82, 2.24) is 14.8 Å². The van der Waals surface area contributed by atoms with Gasteiger partial charge < -0.3 is 9.64 Å². The van der Waals surface area contributed by atoms with Crippen LogP contribution < -0.4 is 0 Å². The Morgan fingerprint density at radius 3 is 2.95 bits per heavy atom. The van der Waals surface area contributed by atoms with Crippen molar-refractivity contribution in [2.45, 2.75) is 25.4 Å². The topological polar surface area (TPSA) is 45.7 Å². The molecule has 1 aromatic rings. The van der Waals surface area contributed by atoms with Gasteiger partial charge in [-0.05, 0) is 31.1 Å². The number of aromatic nitrogens is 1. The molecule has 0 saturated carbocycles. The third-order valence-corrected chi connectivity index (χ3v) is 4.37. The average Bonchev–Trinajstić information content (AvgIpc) is 3.05. The fraction of sp³-hybridized carbons (Fsp3) is 0.529. The first-order chi connectivity index (χ1) is 10.8. The molecule has 0 aliphatic carbocycles. The second-order valence-electron chi connectivity index (χ2n) is 5.84. The molecule has 5 heteroatoms. The monoisotopic (exact) mass is 301 g/mol. The van der Waals surface area contributed by atoms with Crippen molar-refractivity contribution in [3.05, 3.63) is 42.2 Å². The molecule has 0 aromatic carbocycles. The van der Waals surface area contributed by atoms with E-state index in [2.05, 4.69) is 17.5 Å². The number of amides is 1. The lowest BCUT2D eigenvalue weighted by Gasteiger charge is -2.27. The number of nitrogens with zero attached hydrogens (tertiary/aromatic N) is 3. The van der Waals surface area contributed by atoms with Crippen LogP contribution in [0.15, 0.2) is 30.9 Å². The molecule has 2 aliphatic heterocycles. The summed E-state index contributed by atoms with van der Waals surface area (Å²) in [7, 11) is 0. The molecule has 2 saturated heterocycles. The van der Waals surface area contributed by atoms with E-state index in [9.17, 15) is 4.79 Å². The van der Waals surface area contributed by atoms with E-state index in [0.29, 0.717) is 0 Å². The maximum Gasteiger partial charge on any atom is 0.246 e.